The molecule has 5 nitrogen and oxygen atoms in total. The Morgan fingerprint density at radius 1 is 1.25 bits per heavy atom. The smallest absolute Gasteiger partial charge is 0.227 e. The minimum Gasteiger partial charge on any atom is -0.357 e. The Morgan fingerprint density at radius 2 is 2.07 bits per heavy atom. The molecular formula is C22H33IN4O. The van der Waals surface area contributed by atoms with E-state index in [0.29, 0.717) is 12.0 Å². The lowest BCUT2D eigenvalue weighted by Crippen LogP contribution is -2.42. The van der Waals surface area contributed by atoms with Gasteiger partial charge in [0.15, 0.2) is 5.96 Å². The molecule has 1 aromatic carbocycles. The standard InChI is InChI=1S/C22H32N4O.HI/c1-2-23-21(26-13-12-22(16-26)10-5-11-22)24-15-17-6-3-9-19(14-17)25-20(27)18-7-4-8-18;/h3,6,9,14,18H,2,4-5,7-8,10-13,15-16H2,1H3,(H,23,24)(H,25,27);1H. The minimum atomic E-state index is 0. The summed E-state index contributed by atoms with van der Waals surface area (Å²) in [6.45, 7) is 5.92. The van der Waals surface area contributed by atoms with Crippen molar-refractivity contribution >= 4 is 41.5 Å². The number of halogens is 1. The first-order valence-electron chi connectivity index (χ1n) is 10.6. The van der Waals surface area contributed by atoms with Crippen molar-refractivity contribution in [2.75, 3.05) is 25.0 Å². The molecule has 2 aliphatic carbocycles. The van der Waals surface area contributed by atoms with Crippen LogP contribution in [0.5, 0.6) is 0 Å². The SMILES string of the molecule is CCNC(=NCc1cccc(NC(=O)C2CCC2)c1)N1CCC2(CCC2)C1.I. The molecule has 0 unspecified atom stereocenters. The van der Waals surface area contributed by atoms with Gasteiger partial charge in [-0.3, -0.25) is 4.79 Å². The van der Waals surface area contributed by atoms with Gasteiger partial charge >= 0.3 is 0 Å². The largest absolute Gasteiger partial charge is 0.357 e. The van der Waals surface area contributed by atoms with Crippen LogP contribution in [0.1, 0.15) is 57.4 Å². The molecular weight excluding hydrogens is 463 g/mol. The van der Waals surface area contributed by atoms with E-state index in [4.69, 9.17) is 4.99 Å². The number of anilines is 1. The van der Waals surface area contributed by atoms with Crippen LogP contribution >= 0.6 is 24.0 Å². The first-order chi connectivity index (χ1) is 13.2. The molecule has 3 aliphatic rings. The number of nitrogens with one attached hydrogen (secondary N) is 2. The molecule has 1 heterocycles. The normalized spacial score (nSPS) is 20.9. The van der Waals surface area contributed by atoms with Gasteiger partial charge in [-0.2, -0.15) is 0 Å². The molecule has 3 fully saturated rings. The highest BCUT2D eigenvalue weighted by Gasteiger charge is 2.43. The summed E-state index contributed by atoms with van der Waals surface area (Å²) in [6, 6.07) is 8.12. The fourth-order valence-corrected chi connectivity index (χ4v) is 4.45. The fourth-order valence-electron chi connectivity index (χ4n) is 4.45. The lowest BCUT2D eigenvalue weighted by Gasteiger charge is -2.38. The number of likely N-dealkylation sites (tertiary alicyclic amines) is 1. The number of rotatable bonds is 5. The number of aliphatic imine (C=N–C) groups is 1. The summed E-state index contributed by atoms with van der Waals surface area (Å²) in [5.41, 5.74) is 2.59. The number of hydrogen-bond donors (Lipinski definition) is 2. The zero-order valence-corrected chi connectivity index (χ0v) is 19.2. The third-order valence-electron chi connectivity index (χ3n) is 6.57. The molecule has 6 heteroatoms. The second-order valence-electron chi connectivity index (χ2n) is 8.51. The van der Waals surface area contributed by atoms with Crippen molar-refractivity contribution in [3.05, 3.63) is 29.8 Å². The Balaban J connectivity index is 0.00000225. The van der Waals surface area contributed by atoms with Crippen LogP contribution in [0.25, 0.3) is 0 Å². The summed E-state index contributed by atoms with van der Waals surface area (Å²) in [7, 11) is 0. The first kappa shape index (κ1) is 21.4. The topological polar surface area (TPSA) is 56.7 Å². The van der Waals surface area contributed by atoms with Gasteiger partial charge in [0.25, 0.3) is 0 Å². The van der Waals surface area contributed by atoms with E-state index in [9.17, 15) is 4.79 Å². The molecule has 0 aromatic heterocycles. The molecule has 1 spiro atoms. The predicted octanol–water partition coefficient (Wildman–Crippen LogP) is 4.38. The van der Waals surface area contributed by atoms with E-state index < -0.39 is 0 Å². The van der Waals surface area contributed by atoms with Gasteiger partial charge < -0.3 is 15.5 Å². The van der Waals surface area contributed by atoms with Gasteiger partial charge in [0, 0.05) is 31.2 Å². The lowest BCUT2D eigenvalue weighted by molar-refractivity contribution is -0.122. The molecule has 0 bridgehead atoms. The molecule has 1 saturated heterocycles. The molecule has 28 heavy (non-hydrogen) atoms. The maximum Gasteiger partial charge on any atom is 0.227 e. The van der Waals surface area contributed by atoms with Crippen LogP contribution in [0.4, 0.5) is 5.69 Å². The monoisotopic (exact) mass is 496 g/mol. The number of benzene rings is 1. The average molecular weight is 496 g/mol. The summed E-state index contributed by atoms with van der Waals surface area (Å²) in [6.07, 6.45) is 8.69. The van der Waals surface area contributed by atoms with Crippen LogP contribution in [-0.4, -0.2) is 36.4 Å². The lowest BCUT2D eigenvalue weighted by atomic mass is 9.68. The zero-order chi connectivity index (χ0) is 18.7. The van der Waals surface area contributed by atoms with E-state index in [1.807, 2.05) is 12.1 Å². The number of hydrogen-bond acceptors (Lipinski definition) is 2. The second kappa shape index (κ2) is 9.46. The molecule has 0 radical (unpaired) electrons. The molecule has 2 saturated carbocycles. The Labute approximate surface area is 185 Å². The van der Waals surface area contributed by atoms with Gasteiger partial charge in [-0.15, -0.1) is 24.0 Å². The Kier molecular flexibility index (Phi) is 7.23. The Bertz CT molecular complexity index is 712. The van der Waals surface area contributed by atoms with Gasteiger partial charge in [-0.25, -0.2) is 4.99 Å². The second-order valence-corrected chi connectivity index (χ2v) is 8.51. The van der Waals surface area contributed by atoms with Crippen LogP contribution in [0, 0.1) is 11.3 Å². The van der Waals surface area contributed by atoms with Crippen molar-refractivity contribution in [1.29, 1.82) is 0 Å². The van der Waals surface area contributed by atoms with Crippen molar-refractivity contribution in [1.82, 2.24) is 10.2 Å². The number of carbonyl (C=O) groups is 1. The van der Waals surface area contributed by atoms with Crippen LogP contribution < -0.4 is 10.6 Å². The number of amides is 1. The summed E-state index contributed by atoms with van der Waals surface area (Å²) >= 11 is 0. The molecule has 1 aliphatic heterocycles. The van der Waals surface area contributed by atoms with Gasteiger partial charge in [0.2, 0.25) is 5.91 Å². The minimum absolute atomic E-state index is 0. The maximum absolute atomic E-state index is 12.2. The molecule has 1 amide bonds. The van der Waals surface area contributed by atoms with E-state index in [1.54, 1.807) is 0 Å². The number of carbonyl (C=O) groups excluding carboxylic acids is 1. The number of guanidine groups is 1. The predicted molar refractivity (Wildman–Crippen MR) is 125 cm³/mol. The van der Waals surface area contributed by atoms with Crippen molar-refractivity contribution in [3.63, 3.8) is 0 Å². The Hall–Kier alpha value is -1.31. The van der Waals surface area contributed by atoms with Crippen LogP contribution in [0.2, 0.25) is 0 Å². The van der Waals surface area contributed by atoms with E-state index in [1.165, 1.54) is 32.1 Å². The average Bonchev–Trinajstić information content (AvgIpc) is 3.03. The highest BCUT2D eigenvalue weighted by Crippen LogP contribution is 2.47. The molecule has 4 rings (SSSR count). The van der Waals surface area contributed by atoms with Gasteiger partial charge in [0.05, 0.1) is 6.54 Å². The fraction of sp³-hybridized carbons (Fsp3) is 0.636. The van der Waals surface area contributed by atoms with E-state index in [2.05, 4.69) is 34.6 Å². The van der Waals surface area contributed by atoms with Gasteiger partial charge in [-0.1, -0.05) is 25.0 Å². The Morgan fingerprint density at radius 3 is 2.68 bits per heavy atom. The van der Waals surface area contributed by atoms with Crippen LogP contribution in [0.3, 0.4) is 0 Å². The summed E-state index contributed by atoms with van der Waals surface area (Å²) in [4.78, 5) is 19.5. The van der Waals surface area contributed by atoms with Gasteiger partial charge in [-0.05, 0) is 62.1 Å². The summed E-state index contributed by atoms with van der Waals surface area (Å²) in [5.74, 6) is 1.41. The van der Waals surface area contributed by atoms with Crippen LogP contribution in [0.15, 0.2) is 29.3 Å². The van der Waals surface area contributed by atoms with E-state index >= 15 is 0 Å². The summed E-state index contributed by atoms with van der Waals surface area (Å²) < 4.78 is 0. The highest BCUT2D eigenvalue weighted by molar-refractivity contribution is 14.0. The van der Waals surface area contributed by atoms with Crippen molar-refractivity contribution in [2.24, 2.45) is 16.3 Å². The van der Waals surface area contributed by atoms with Crippen LogP contribution in [-0.2, 0) is 11.3 Å². The number of nitrogens with zero attached hydrogens (tertiary/aromatic N) is 2. The zero-order valence-electron chi connectivity index (χ0n) is 16.9. The van der Waals surface area contributed by atoms with E-state index in [-0.39, 0.29) is 35.8 Å². The van der Waals surface area contributed by atoms with E-state index in [0.717, 1.165) is 49.7 Å². The van der Waals surface area contributed by atoms with Crippen molar-refractivity contribution in [2.45, 2.75) is 58.4 Å². The summed E-state index contributed by atoms with van der Waals surface area (Å²) in [5, 5.41) is 6.53. The molecule has 1 aromatic rings. The maximum atomic E-state index is 12.2. The third kappa shape index (κ3) is 4.81. The molecule has 2 N–H and O–H groups in total. The molecule has 154 valence electrons. The van der Waals surface area contributed by atoms with Gasteiger partial charge in [0.1, 0.15) is 0 Å². The highest BCUT2D eigenvalue weighted by atomic mass is 127. The third-order valence-corrected chi connectivity index (χ3v) is 6.57. The van der Waals surface area contributed by atoms with Crippen molar-refractivity contribution < 1.29 is 4.79 Å². The first-order valence-corrected chi connectivity index (χ1v) is 10.6. The van der Waals surface area contributed by atoms with Crippen molar-refractivity contribution in [3.8, 4) is 0 Å². The molecule has 0 atom stereocenters. The quantitative estimate of drug-likeness (QED) is 0.362.